The van der Waals surface area contributed by atoms with E-state index in [0.717, 1.165) is 55.4 Å². The van der Waals surface area contributed by atoms with Crippen LogP contribution in [0.3, 0.4) is 0 Å². The van der Waals surface area contributed by atoms with Crippen LogP contribution in [0.5, 0.6) is 0 Å². The molecule has 112 valence electrons. The van der Waals surface area contributed by atoms with Gasteiger partial charge in [0.1, 0.15) is 0 Å². The van der Waals surface area contributed by atoms with Gasteiger partial charge in [-0.2, -0.15) is 0 Å². The first-order chi connectivity index (χ1) is 10.2. The van der Waals surface area contributed by atoms with Crippen molar-refractivity contribution in [3.8, 4) is 0 Å². The van der Waals surface area contributed by atoms with Gasteiger partial charge in [0.05, 0.1) is 11.0 Å². The van der Waals surface area contributed by atoms with E-state index < -0.39 is 0 Å². The third-order valence-electron chi connectivity index (χ3n) is 4.08. The zero-order chi connectivity index (χ0) is 14.8. The summed E-state index contributed by atoms with van der Waals surface area (Å²) in [5, 5.41) is 0. The lowest BCUT2D eigenvalue weighted by atomic mass is 10.2. The highest BCUT2D eigenvalue weighted by molar-refractivity contribution is 5.80. The molecule has 1 aliphatic rings. The molecule has 1 aliphatic heterocycles. The van der Waals surface area contributed by atoms with E-state index in [1.807, 2.05) is 38.4 Å². The maximum atomic E-state index is 4.87. The predicted octanol–water partition coefficient (Wildman–Crippen LogP) is 1.84. The van der Waals surface area contributed by atoms with Gasteiger partial charge in [-0.25, -0.2) is 9.97 Å². The summed E-state index contributed by atoms with van der Waals surface area (Å²) < 4.78 is 0. The number of anilines is 2. The van der Waals surface area contributed by atoms with Crippen molar-refractivity contribution in [1.29, 1.82) is 0 Å². The third kappa shape index (κ3) is 2.78. The van der Waals surface area contributed by atoms with Gasteiger partial charge in [-0.05, 0) is 18.7 Å². The fraction of sp³-hybridized carbons (Fsp3) is 0.500. The van der Waals surface area contributed by atoms with Crippen molar-refractivity contribution in [1.82, 2.24) is 14.9 Å². The SMILES string of the molecule is CCN1CCN(c2nc3ccccc3nc2N(C)C)CC1. The number of nitrogens with zero attached hydrogens (tertiary/aromatic N) is 5. The Kier molecular flexibility index (Phi) is 3.92. The van der Waals surface area contributed by atoms with Crippen molar-refractivity contribution in [2.75, 3.05) is 56.6 Å². The van der Waals surface area contributed by atoms with E-state index in [4.69, 9.17) is 9.97 Å². The van der Waals surface area contributed by atoms with Gasteiger partial charge in [0.2, 0.25) is 0 Å². The average molecular weight is 285 g/mol. The van der Waals surface area contributed by atoms with Gasteiger partial charge in [-0.15, -0.1) is 0 Å². The number of hydrogen-bond donors (Lipinski definition) is 0. The minimum absolute atomic E-state index is 0.956. The van der Waals surface area contributed by atoms with Crippen molar-refractivity contribution in [3.05, 3.63) is 24.3 Å². The summed E-state index contributed by atoms with van der Waals surface area (Å²) in [5.41, 5.74) is 1.92. The summed E-state index contributed by atoms with van der Waals surface area (Å²) in [5.74, 6) is 1.97. The summed E-state index contributed by atoms with van der Waals surface area (Å²) in [7, 11) is 4.06. The molecule has 0 N–H and O–H groups in total. The molecule has 1 fully saturated rings. The van der Waals surface area contributed by atoms with Crippen LogP contribution in [0, 0.1) is 0 Å². The molecule has 5 nitrogen and oxygen atoms in total. The molecular formula is C16H23N5. The number of hydrogen-bond acceptors (Lipinski definition) is 5. The Bertz CT molecular complexity index is 617. The van der Waals surface area contributed by atoms with E-state index in [9.17, 15) is 0 Å². The first-order valence-electron chi connectivity index (χ1n) is 7.60. The largest absolute Gasteiger partial charge is 0.360 e. The van der Waals surface area contributed by atoms with Crippen LogP contribution in [-0.2, 0) is 0 Å². The first kappa shape index (κ1) is 14.1. The van der Waals surface area contributed by atoms with Gasteiger partial charge in [0.15, 0.2) is 11.6 Å². The molecule has 1 aromatic carbocycles. The normalized spacial score (nSPS) is 16.4. The van der Waals surface area contributed by atoms with Crippen LogP contribution >= 0.6 is 0 Å². The second-order valence-electron chi connectivity index (χ2n) is 5.68. The lowest BCUT2D eigenvalue weighted by molar-refractivity contribution is 0.270. The highest BCUT2D eigenvalue weighted by atomic mass is 15.3. The van der Waals surface area contributed by atoms with E-state index in [-0.39, 0.29) is 0 Å². The molecule has 0 spiro atoms. The highest BCUT2D eigenvalue weighted by Crippen LogP contribution is 2.27. The van der Waals surface area contributed by atoms with Gasteiger partial charge in [0, 0.05) is 40.3 Å². The smallest absolute Gasteiger partial charge is 0.172 e. The van der Waals surface area contributed by atoms with Crippen molar-refractivity contribution in [3.63, 3.8) is 0 Å². The minimum atomic E-state index is 0.956. The number of benzene rings is 1. The van der Waals surface area contributed by atoms with Crippen LogP contribution in [0.2, 0.25) is 0 Å². The van der Waals surface area contributed by atoms with E-state index in [0.29, 0.717) is 0 Å². The maximum absolute atomic E-state index is 4.87. The summed E-state index contributed by atoms with van der Waals surface area (Å²) in [6, 6.07) is 8.09. The van der Waals surface area contributed by atoms with Crippen LogP contribution in [0.25, 0.3) is 11.0 Å². The highest BCUT2D eigenvalue weighted by Gasteiger charge is 2.21. The molecule has 1 aromatic heterocycles. The van der Waals surface area contributed by atoms with Crippen molar-refractivity contribution < 1.29 is 0 Å². The molecule has 21 heavy (non-hydrogen) atoms. The molecule has 0 saturated carbocycles. The van der Waals surface area contributed by atoms with Gasteiger partial charge in [0.25, 0.3) is 0 Å². The van der Waals surface area contributed by atoms with Crippen molar-refractivity contribution in [2.24, 2.45) is 0 Å². The van der Waals surface area contributed by atoms with Crippen LogP contribution < -0.4 is 9.80 Å². The minimum Gasteiger partial charge on any atom is -0.360 e. The Morgan fingerprint density at radius 1 is 1.00 bits per heavy atom. The summed E-state index contributed by atoms with van der Waals surface area (Å²) in [6.07, 6.45) is 0. The van der Waals surface area contributed by atoms with Gasteiger partial charge in [-0.3, -0.25) is 0 Å². The van der Waals surface area contributed by atoms with Crippen LogP contribution in [0.4, 0.5) is 11.6 Å². The van der Waals surface area contributed by atoms with Gasteiger partial charge < -0.3 is 14.7 Å². The molecular weight excluding hydrogens is 262 g/mol. The molecule has 5 heteroatoms. The first-order valence-corrected chi connectivity index (χ1v) is 7.60. The fourth-order valence-corrected chi connectivity index (χ4v) is 2.77. The second kappa shape index (κ2) is 5.85. The fourth-order valence-electron chi connectivity index (χ4n) is 2.77. The van der Waals surface area contributed by atoms with Crippen molar-refractivity contribution >= 4 is 22.7 Å². The Labute approximate surface area is 126 Å². The van der Waals surface area contributed by atoms with Crippen LogP contribution in [-0.4, -0.2) is 61.7 Å². The Morgan fingerprint density at radius 3 is 2.19 bits per heavy atom. The number of aromatic nitrogens is 2. The van der Waals surface area contributed by atoms with E-state index in [1.54, 1.807) is 0 Å². The molecule has 0 aliphatic carbocycles. The number of piperazine rings is 1. The molecule has 0 amide bonds. The zero-order valence-electron chi connectivity index (χ0n) is 13.1. The number of likely N-dealkylation sites (N-methyl/N-ethyl adjacent to an activating group) is 1. The Morgan fingerprint density at radius 2 is 1.62 bits per heavy atom. The summed E-state index contributed by atoms with van der Waals surface area (Å²) in [4.78, 5) is 16.6. The van der Waals surface area contributed by atoms with Crippen molar-refractivity contribution in [2.45, 2.75) is 6.92 Å². The molecule has 0 atom stereocenters. The number of rotatable bonds is 3. The Balaban J connectivity index is 1.98. The number of fused-ring (bicyclic) bond motifs is 1. The van der Waals surface area contributed by atoms with Crippen LogP contribution in [0.15, 0.2) is 24.3 Å². The second-order valence-corrected chi connectivity index (χ2v) is 5.68. The Hall–Kier alpha value is -1.88. The average Bonchev–Trinajstić information content (AvgIpc) is 2.53. The van der Waals surface area contributed by atoms with E-state index in [2.05, 4.69) is 21.6 Å². The van der Waals surface area contributed by atoms with Crippen LogP contribution in [0.1, 0.15) is 6.92 Å². The molecule has 3 rings (SSSR count). The zero-order valence-corrected chi connectivity index (χ0v) is 13.1. The predicted molar refractivity (Wildman–Crippen MR) is 88.2 cm³/mol. The quantitative estimate of drug-likeness (QED) is 0.860. The molecule has 0 radical (unpaired) electrons. The molecule has 0 bridgehead atoms. The van der Waals surface area contributed by atoms with Gasteiger partial charge >= 0.3 is 0 Å². The molecule has 2 heterocycles. The van der Waals surface area contributed by atoms with E-state index >= 15 is 0 Å². The number of para-hydroxylation sites is 2. The standard InChI is InChI=1S/C16H23N5/c1-4-20-9-11-21(12-10-20)16-15(19(2)3)17-13-7-5-6-8-14(13)18-16/h5-8H,4,9-12H2,1-3H3. The monoisotopic (exact) mass is 285 g/mol. The lowest BCUT2D eigenvalue weighted by Gasteiger charge is -2.36. The molecule has 1 saturated heterocycles. The summed E-state index contributed by atoms with van der Waals surface area (Å²) in [6.45, 7) is 7.56. The van der Waals surface area contributed by atoms with E-state index in [1.165, 1.54) is 0 Å². The molecule has 0 unspecified atom stereocenters. The summed E-state index contributed by atoms with van der Waals surface area (Å²) >= 11 is 0. The molecule has 2 aromatic rings. The van der Waals surface area contributed by atoms with Gasteiger partial charge in [-0.1, -0.05) is 19.1 Å². The third-order valence-corrected chi connectivity index (χ3v) is 4.08. The topological polar surface area (TPSA) is 35.5 Å². The lowest BCUT2D eigenvalue weighted by Crippen LogP contribution is -2.46. The maximum Gasteiger partial charge on any atom is 0.172 e.